The molecule has 1 aliphatic heterocycles. The lowest BCUT2D eigenvalue weighted by molar-refractivity contribution is 0.316. The molecule has 1 fully saturated rings. The SMILES string of the molecule is Cn1ccc(CN2CCC(CBr)C2)n1. The largest absolute Gasteiger partial charge is 0.297 e. The molecule has 1 aliphatic rings. The van der Waals surface area contributed by atoms with Crippen LogP contribution in [0, 0.1) is 5.92 Å². The number of rotatable bonds is 3. The third-order valence-corrected chi connectivity index (χ3v) is 3.66. The van der Waals surface area contributed by atoms with Gasteiger partial charge in [0.1, 0.15) is 0 Å². The van der Waals surface area contributed by atoms with Gasteiger partial charge in [-0.25, -0.2) is 0 Å². The molecule has 1 aromatic heterocycles. The highest BCUT2D eigenvalue weighted by Gasteiger charge is 2.21. The van der Waals surface area contributed by atoms with Gasteiger partial charge in [0.05, 0.1) is 5.69 Å². The first kappa shape index (κ1) is 10.2. The molecule has 2 rings (SSSR count). The van der Waals surface area contributed by atoms with E-state index in [0.717, 1.165) is 17.8 Å². The van der Waals surface area contributed by atoms with E-state index >= 15 is 0 Å². The summed E-state index contributed by atoms with van der Waals surface area (Å²) >= 11 is 3.55. The van der Waals surface area contributed by atoms with Crippen LogP contribution in [0.25, 0.3) is 0 Å². The summed E-state index contributed by atoms with van der Waals surface area (Å²) in [4.78, 5) is 2.48. The summed E-state index contributed by atoms with van der Waals surface area (Å²) < 4.78 is 1.87. The molecule has 78 valence electrons. The van der Waals surface area contributed by atoms with Gasteiger partial charge in [-0.2, -0.15) is 5.10 Å². The van der Waals surface area contributed by atoms with Crippen LogP contribution in [0.2, 0.25) is 0 Å². The Bertz CT molecular complexity index is 297. The molecule has 0 radical (unpaired) electrons. The van der Waals surface area contributed by atoms with Crippen LogP contribution < -0.4 is 0 Å². The second-order valence-corrected chi connectivity index (χ2v) is 4.67. The second kappa shape index (κ2) is 4.45. The molecule has 3 nitrogen and oxygen atoms in total. The zero-order valence-corrected chi connectivity index (χ0v) is 10.1. The van der Waals surface area contributed by atoms with Gasteiger partial charge in [0.25, 0.3) is 0 Å². The molecular weight excluding hydrogens is 242 g/mol. The highest BCUT2D eigenvalue weighted by atomic mass is 79.9. The van der Waals surface area contributed by atoms with Crippen LogP contribution in [0.3, 0.4) is 0 Å². The first-order valence-corrected chi connectivity index (χ1v) is 6.17. The van der Waals surface area contributed by atoms with Gasteiger partial charge in [0.15, 0.2) is 0 Å². The number of nitrogens with zero attached hydrogens (tertiary/aromatic N) is 3. The highest BCUT2D eigenvalue weighted by Crippen LogP contribution is 2.19. The Hall–Kier alpha value is -0.350. The zero-order valence-electron chi connectivity index (χ0n) is 8.49. The van der Waals surface area contributed by atoms with Crippen molar-refractivity contribution < 1.29 is 0 Å². The maximum Gasteiger partial charge on any atom is 0.0764 e. The van der Waals surface area contributed by atoms with E-state index in [1.54, 1.807) is 0 Å². The van der Waals surface area contributed by atoms with Crippen LogP contribution in [0.1, 0.15) is 12.1 Å². The quantitative estimate of drug-likeness (QED) is 0.768. The lowest BCUT2D eigenvalue weighted by atomic mass is 10.2. The van der Waals surface area contributed by atoms with Crippen molar-refractivity contribution in [3.63, 3.8) is 0 Å². The molecule has 1 aromatic rings. The van der Waals surface area contributed by atoms with Crippen LogP contribution in [0.4, 0.5) is 0 Å². The summed E-state index contributed by atoms with van der Waals surface area (Å²) in [6, 6.07) is 2.10. The average Bonchev–Trinajstić information content (AvgIpc) is 2.76. The van der Waals surface area contributed by atoms with Crippen molar-refractivity contribution in [2.24, 2.45) is 13.0 Å². The molecule has 0 saturated carbocycles. The first-order valence-electron chi connectivity index (χ1n) is 5.05. The van der Waals surface area contributed by atoms with Crippen LogP contribution in [-0.4, -0.2) is 33.1 Å². The van der Waals surface area contributed by atoms with E-state index in [0.29, 0.717) is 0 Å². The molecule has 0 spiro atoms. The average molecular weight is 258 g/mol. The Morgan fingerprint density at radius 2 is 2.50 bits per heavy atom. The van der Waals surface area contributed by atoms with Crippen molar-refractivity contribution in [1.29, 1.82) is 0 Å². The van der Waals surface area contributed by atoms with Gasteiger partial charge in [-0.3, -0.25) is 9.58 Å². The van der Waals surface area contributed by atoms with Gasteiger partial charge in [-0.05, 0) is 24.9 Å². The van der Waals surface area contributed by atoms with Crippen LogP contribution >= 0.6 is 15.9 Å². The van der Waals surface area contributed by atoms with E-state index in [-0.39, 0.29) is 0 Å². The van der Waals surface area contributed by atoms with Crippen LogP contribution in [-0.2, 0) is 13.6 Å². The number of hydrogen-bond acceptors (Lipinski definition) is 2. The summed E-state index contributed by atoms with van der Waals surface area (Å²) in [5.74, 6) is 0.832. The summed E-state index contributed by atoms with van der Waals surface area (Å²) in [6.07, 6.45) is 3.32. The van der Waals surface area contributed by atoms with Crippen molar-refractivity contribution >= 4 is 15.9 Å². The normalized spacial score (nSPS) is 23.1. The standard InChI is InChI=1S/C10H16BrN3/c1-13-4-3-10(12-13)8-14-5-2-9(6-11)7-14/h3-4,9H,2,5-8H2,1H3. The molecule has 0 amide bonds. The van der Waals surface area contributed by atoms with Crippen LogP contribution in [0.5, 0.6) is 0 Å². The fourth-order valence-corrected chi connectivity index (χ4v) is 2.49. The number of likely N-dealkylation sites (tertiary alicyclic amines) is 1. The van der Waals surface area contributed by atoms with E-state index in [9.17, 15) is 0 Å². The molecule has 1 atom stereocenters. The molecule has 2 heterocycles. The Morgan fingerprint density at radius 3 is 3.07 bits per heavy atom. The fraction of sp³-hybridized carbons (Fsp3) is 0.700. The molecule has 1 saturated heterocycles. The minimum absolute atomic E-state index is 0.832. The van der Waals surface area contributed by atoms with Crippen molar-refractivity contribution in [2.45, 2.75) is 13.0 Å². The van der Waals surface area contributed by atoms with E-state index in [1.165, 1.54) is 25.2 Å². The monoisotopic (exact) mass is 257 g/mol. The van der Waals surface area contributed by atoms with E-state index in [4.69, 9.17) is 0 Å². The summed E-state index contributed by atoms with van der Waals surface area (Å²) in [5.41, 5.74) is 1.18. The van der Waals surface area contributed by atoms with E-state index < -0.39 is 0 Å². The topological polar surface area (TPSA) is 21.1 Å². The van der Waals surface area contributed by atoms with Crippen molar-refractivity contribution in [1.82, 2.24) is 14.7 Å². The maximum atomic E-state index is 4.39. The minimum Gasteiger partial charge on any atom is -0.297 e. The molecule has 4 heteroatoms. The predicted molar refractivity (Wildman–Crippen MR) is 60.4 cm³/mol. The third-order valence-electron chi connectivity index (χ3n) is 2.74. The predicted octanol–water partition coefficient (Wildman–Crippen LogP) is 1.64. The number of hydrogen-bond donors (Lipinski definition) is 0. The number of halogens is 1. The molecule has 0 bridgehead atoms. The van der Waals surface area contributed by atoms with Crippen LogP contribution in [0.15, 0.2) is 12.3 Å². The molecule has 0 aromatic carbocycles. The smallest absolute Gasteiger partial charge is 0.0764 e. The fourth-order valence-electron chi connectivity index (χ4n) is 1.96. The van der Waals surface area contributed by atoms with Crippen molar-refractivity contribution in [3.8, 4) is 0 Å². The Balaban J connectivity index is 1.87. The Labute approximate surface area is 93.2 Å². The lowest BCUT2D eigenvalue weighted by Crippen LogP contribution is -2.20. The van der Waals surface area contributed by atoms with Gasteiger partial charge in [0, 0.05) is 31.7 Å². The second-order valence-electron chi connectivity index (χ2n) is 4.02. The van der Waals surface area contributed by atoms with Gasteiger partial charge in [-0.1, -0.05) is 15.9 Å². The Kier molecular flexibility index (Phi) is 3.23. The lowest BCUT2D eigenvalue weighted by Gasteiger charge is -2.13. The zero-order chi connectivity index (χ0) is 9.97. The highest BCUT2D eigenvalue weighted by molar-refractivity contribution is 9.09. The first-order chi connectivity index (χ1) is 6.78. The van der Waals surface area contributed by atoms with E-state index in [2.05, 4.69) is 32.0 Å². The number of alkyl halides is 1. The molecule has 14 heavy (non-hydrogen) atoms. The third kappa shape index (κ3) is 2.36. The Morgan fingerprint density at radius 1 is 1.64 bits per heavy atom. The number of aryl methyl sites for hydroxylation is 1. The minimum atomic E-state index is 0.832. The van der Waals surface area contributed by atoms with Crippen molar-refractivity contribution in [2.75, 3.05) is 18.4 Å². The summed E-state index contributed by atoms with van der Waals surface area (Å²) in [6.45, 7) is 3.43. The number of aromatic nitrogens is 2. The summed E-state index contributed by atoms with van der Waals surface area (Å²) in [5, 5.41) is 5.52. The molecule has 1 unspecified atom stereocenters. The van der Waals surface area contributed by atoms with Gasteiger partial charge in [0.2, 0.25) is 0 Å². The molecular formula is C10H16BrN3. The molecule has 0 aliphatic carbocycles. The van der Waals surface area contributed by atoms with E-state index in [1.807, 2.05) is 17.9 Å². The molecule has 0 N–H and O–H groups in total. The van der Waals surface area contributed by atoms with Gasteiger partial charge >= 0.3 is 0 Å². The maximum absolute atomic E-state index is 4.39. The van der Waals surface area contributed by atoms with Gasteiger partial charge in [-0.15, -0.1) is 0 Å². The van der Waals surface area contributed by atoms with Gasteiger partial charge < -0.3 is 0 Å². The van der Waals surface area contributed by atoms with Crippen molar-refractivity contribution in [3.05, 3.63) is 18.0 Å². The summed E-state index contributed by atoms with van der Waals surface area (Å²) in [7, 11) is 1.97.